The SMILES string of the molecule is CCCC(=O)c1noc(-c2cc(C(C)C)c(O)cc2O)c1-c1ccc(CNCC)cc1. The first-order valence-electron chi connectivity index (χ1n) is 10.8. The Kier molecular flexibility index (Phi) is 7.13. The average molecular weight is 423 g/mol. The highest BCUT2D eigenvalue weighted by Crippen LogP contribution is 2.43. The molecule has 31 heavy (non-hydrogen) atoms. The van der Waals surface area contributed by atoms with Crippen LogP contribution in [0.25, 0.3) is 22.5 Å². The van der Waals surface area contributed by atoms with E-state index in [0.29, 0.717) is 35.3 Å². The van der Waals surface area contributed by atoms with E-state index in [1.54, 1.807) is 6.07 Å². The minimum Gasteiger partial charge on any atom is -0.508 e. The van der Waals surface area contributed by atoms with Gasteiger partial charge in [0.2, 0.25) is 0 Å². The Bertz CT molecular complexity index is 1050. The van der Waals surface area contributed by atoms with E-state index in [9.17, 15) is 15.0 Å². The molecule has 0 aliphatic heterocycles. The first-order valence-corrected chi connectivity index (χ1v) is 10.8. The van der Waals surface area contributed by atoms with Crippen LogP contribution < -0.4 is 5.32 Å². The van der Waals surface area contributed by atoms with Crippen molar-refractivity contribution in [3.05, 3.63) is 53.2 Å². The first-order chi connectivity index (χ1) is 14.9. The zero-order valence-corrected chi connectivity index (χ0v) is 18.5. The Hall–Kier alpha value is -3.12. The molecule has 6 nitrogen and oxygen atoms in total. The summed E-state index contributed by atoms with van der Waals surface area (Å²) in [6.07, 6.45) is 1.06. The number of phenols is 2. The van der Waals surface area contributed by atoms with Crippen molar-refractivity contribution in [3.8, 4) is 33.9 Å². The van der Waals surface area contributed by atoms with Crippen molar-refractivity contribution in [3.63, 3.8) is 0 Å². The summed E-state index contributed by atoms with van der Waals surface area (Å²) >= 11 is 0. The smallest absolute Gasteiger partial charge is 0.185 e. The Morgan fingerprint density at radius 3 is 2.42 bits per heavy atom. The number of Topliss-reactive ketones (excluding diaryl/α,β-unsaturated/α-hetero) is 1. The summed E-state index contributed by atoms with van der Waals surface area (Å²) in [5.41, 5.74) is 3.81. The fourth-order valence-electron chi connectivity index (χ4n) is 3.57. The van der Waals surface area contributed by atoms with Crippen LogP contribution in [0.2, 0.25) is 0 Å². The molecule has 0 spiro atoms. The number of rotatable bonds is 9. The van der Waals surface area contributed by atoms with E-state index in [1.165, 1.54) is 6.07 Å². The van der Waals surface area contributed by atoms with Crippen LogP contribution in [0.15, 0.2) is 40.9 Å². The minimum atomic E-state index is -0.127. The number of aromatic nitrogens is 1. The topological polar surface area (TPSA) is 95.6 Å². The second-order valence-electron chi connectivity index (χ2n) is 7.97. The van der Waals surface area contributed by atoms with Crippen LogP contribution in [-0.2, 0) is 6.54 Å². The number of carbonyl (C=O) groups excluding carboxylic acids is 1. The fourth-order valence-corrected chi connectivity index (χ4v) is 3.57. The van der Waals surface area contributed by atoms with Gasteiger partial charge in [0.05, 0.1) is 11.1 Å². The van der Waals surface area contributed by atoms with Gasteiger partial charge < -0.3 is 20.1 Å². The highest BCUT2D eigenvalue weighted by atomic mass is 16.5. The van der Waals surface area contributed by atoms with Gasteiger partial charge in [-0.1, -0.05) is 57.1 Å². The molecule has 3 aromatic rings. The lowest BCUT2D eigenvalue weighted by atomic mass is 9.93. The van der Waals surface area contributed by atoms with Crippen molar-refractivity contribution in [1.29, 1.82) is 0 Å². The Morgan fingerprint density at radius 1 is 1.10 bits per heavy atom. The molecule has 3 rings (SSSR count). The standard InChI is InChI=1S/C25H30N2O4/c1-5-7-20(28)24-23(17-10-8-16(9-11-17)14-26-6-2)25(31-27-24)19-12-18(15(3)4)21(29)13-22(19)30/h8-13,15,26,29-30H,5-7,14H2,1-4H3. The van der Waals surface area contributed by atoms with E-state index in [4.69, 9.17) is 4.52 Å². The second kappa shape index (κ2) is 9.79. The summed E-state index contributed by atoms with van der Waals surface area (Å²) in [5.74, 6) is 0.145. The summed E-state index contributed by atoms with van der Waals surface area (Å²) < 4.78 is 5.63. The minimum absolute atomic E-state index is 0.0207. The van der Waals surface area contributed by atoms with Crippen LogP contribution in [0.4, 0.5) is 0 Å². The normalized spacial score (nSPS) is 11.3. The Balaban J connectivity index is 2.17. The molecule has 1 aromatic heterocycles. The lowest BCUT2D eigenvalue weighted by Crippen LogP contribution is -2.11. The molecule has 1 heterocycles. The van der Waals surface area contributed by atoms with Crippen LogP contribution in [-0.4, -0.2) is 27.7 Å². The summed E-state index contributed by atoms with van der Waals surface area (Å²) in [6.45, 7) is 9.54. The van der Waals surface area contributed by atoms with Crippen LogP contribution in [0.3, 0.4) is 0 Å². The van der Waals surface area contributed by atoms with Gasteiger partial charge in [0.1, 0.15) is 11.5 Å². The molecule has 0 aliphatic rings. The number of aromatic hydroxyl groups is 2. The number of phenolic OH excluding ortho intramolecular Hbond substituents is 2. The summed E-state index contributed by atoms with van der Waals surface area (Å²) in [6, 6.07) is 10.9. The number of nitrogens with zero attached hydrogens (tertiary/aromatic N) is 1. The van der Waals surface area contributed by atoms with Crippen LogP contribution in [0.5, 0.6) is 11.5 Å². The van der Waals surface area contributed by atoms with Crippen molar-refractivity contribution < 1.29 is 19.5 Å². The van der Waals surface area contributed by atoms with Crippen molar-refractivity contribution in [1.82, 2.24) is 10.5 Å². The van der Waals surface area contributed by atoms with Crippen molar-refractivity contribution >= 4 is 5.78 Å². The zero-order valence-electron chi connectivity index (χ0n) is 18.5. The molecule has 6 heteroatoms. The van der Waals surface area contributed by atoms with Crippen LogP contribution in [0, 0.1) is 0 Å². The van der Waals surface area contributed by atoms with Gasteiger partial charge in [-0.05, 0) is 41.6 Å². The zero-order chi connectivity index (χ0) is 22.5. The molecule has 0 saturated heterocycles. The van der Waals surface area contributed by atoms with Gasteiger partial charge in [-0.3, -0.25) is 4.79 Å². The van der Waals surface area contributed by atoms with E-state index in [0.717, 1.165) is 24.2 Å². The number of ketones is 1. The number of hydrogen-bond acceptors (Lipinski definition) is 6. The number of nitrogens with one attached hydrogen (secondary N) is 1. The lowest BCUT2D eigenvalue weighted by molar-refractivity contribution is 0.0973. The number of carbonyl (C=O) groups is 1. The third kappa shape index (κ3) is 4.80. The number of hydrogen-bond donors (Lipinski definition) is 3. The molecule has 0 saturated carbocycles. The Morgan fingerprint density at radius 2 is 1.81 bits per heavy atom. The third-order valence-corrected chi connectivity index (χ3v) is 5.27. The molecule has 0 aliphatic carbocycles. The second-order valence-corrected chi connectivity index (χ2v) is 7.97. The van der Waals surface area contributed by atoms with E-state index >= 15 is 0 Å². The molecule has 0 fully saturated rings. The highest BCUT2D eigenvalue weighted by molar-refractivity contribution is 6.03. The molecule has 0 amide bonds. The van der Waals surface area contributed by atoms with Crippen LogP contribution in [0.1, 0.15) is 68.1 Å². The lowest BCUT2D eigenvalue weighted by Gasteiger charge is -2.12. The van der Waals surface area contributed by atoms with E-state index < -0.39 is 0 Å². The average Bonchev–Trinajstić information content (AvgIpc) is 3.17. The molecule has 0 radical (unpaired) electrons. The largest absolute Gasteiger partial charge is 0.508 e. The van der Waals surface area contributed by atoms with Gasteiger partial charge >= 0.3 is 0 Å². The highest BCUT2D eigenvalue weighted by Gasteiger charge is 2.26. The monoisotopic (exact) mass is 422 g/mol. The molecule has 0 bridgehead atoms. The maximum Gasteiger partial charge on any atom is 0.185 e. The van der Waals surface area contributed by atoms with Gasteiger partial charge in [0, 0.05) is 19.0 Å². The molecule has 164 valence electrons. The predicted octanol–water partition coefficient (Wildman–Crippen LogP) is 5.64. The maximum absolute atomic E-state index is 12.8. The van der Waals surface area contributed by atoms with Crippen molar-refractivity contribution in [2.24, 2.45) is 0 Å². The fraction of sp³-hybridized carbons (Fsp3) is 0.360. The van der Waals surface area contributed by atoms with E-state index in [-0.39, 0.29) is 28.9 Å². The molecule has 2 aromatic carbocycles. The van der Waals surface area contributed by atoms with E-state index in [2.05, 4.69) is 17.4 Å². The van der Waals surface area contributed by atoms with Gasteiger partial charge in [0.15, 0.2) is 17.2 Å². The quantitative estimate of drug-likeness (QED) is 0.387. The summed E-state index contributed by atoms with van der Waals surface area (Å²) in [7, 11) is 0. The summed E-state index contributed by atoms with van der Waals surface area (Å²) in [5, 5.41) is 28.2. The molecular weight excluding hydrogens is 392 g/mol. The van der Waals surface area contributed by atoms with Gasteiger partial charge in [-0.25, -0.2) is 0 Å². The van der Waals surface area contributed by atoms with Gasteiger partial charge in [-0.2, -0.15) is 0 Å². The third-order valence-electron chi connectivity index (χ3n) is 5.27. The molecule has 0 unspecified atom stereocenters. The number of benzene rings is 2. The predicted molar refractivity (Wildman–Crippen MR) is 121 cm³/mol. The molecule has 0 atom stereocenters. The molecule has 3 N–H and O–H groups in total. The Labute approximate surface area is 182 Å². The van der Waals surface area contributed by atoms with Gasteiger partial charge in [-0.15, -0.1) is 0 Å². The van der Waals surface area contributed by atoms with Crippen LogP contribution >= 0.6 is 0 Å². The maximum atomic E-state index is 12.8. The van der Waals surface area contributed by atoms with Crippen molar-refractivity contribution in [2.75, 3.05) is 6.54 Å². The van der Waals surface area contributed by atoms with Gasteiger partial charge in [0.25, 0.3) is 0 Å². The first kappa shape index (κ1) is 22.6. The summed E-state index contributed by atoms with van der Waals surface area (Å²) in [4.78, 5) is 12.8. The van der Waals surface area contributed by atoms with Crippen molar-refractivity contribution in [2.45, 2.75) is 53.0 Å². The van der Waals surface area contributed by atoms with E-state index in [1.807, 2.05) is 45.0 Å². The molecular formula is C25H30N2O4.